The van der Waals surface area contributed by atoms with Crippen molar-refractivity contribution in [3.05, 3.63) is 50.2 Å². The Morgan fingerprint density at radius 1 is 1.19 bits per heavy atom. The maximum atomic E-state index is 12.8. The number of halogens is 5. The molecule has 0 aliphatic carbocycles. The van der Waals surface area contributed by atoms with Gasteiger partial charge in [-0.2, -0.15) is 18.3 Å². The maximum absolute atomic E-state index is 12.8. The normalized spacial score (nSPS) is 16.1. The lowest BCUT2D eigenvalue weighted by molar-refractivity contribution is -0.137. The summed E-state index contributed by atoms with van der Waals surface area (Å²) in [6, 6.07) is 5.35. The Labute approximate surface area is 164 Å². The number of aromatic nitrogens is 2. The highest BCUT2D eigenvalue weighted by atomic mass is 79.9. The van der Waals surface area contributed by atoms with Crippen LogP contribution in [0.1, 0.15) is 21.6 Å². The number of aromatic amines is 1. The molecular formula is C16H15Br2F3N4O. The van der Waals surface area contributed by atoms with Gasteiger partial charge >= 0.3 is 6.18 Å². The van der Waals surface area contributed by atoms with Crippen molar-refractivity contribution in [3.8, 4) is 0 Å². The molecule has 0 spiro atoms. The fourth-order valence-electron chi connectivity index (χ4n) is 2.81. The molecule has 140 valence electrons. The van der Waals surface area contributed by atoms with E-state index in [1.54, 1.807) is 11.0 Å². The molecule has 1 aromatic carbocycles. The van der Waals surface area contributed by atoms with Crippen LogP contribution in [-0.4, -0.2) is 52.1 Å². The van der Waals surface area contributed by atoms with E-state index in [1.165, 1.54) is 12.1 Å². The molecule has 1 N–H and O–H groups in total. The first-order valence-corrected chi connectivity index (χ1v) is 9.41. The van der Waals surface area contributed by atoms with Crippen LogP contribution in [-0.2, 0) is 12.7 Å². The van der Waals surface area contributed by atoms with E-state index in [2.05, 4.69) is 42.1 Å². The number of H-pyrrole nitrogens is 1. The van der Waals surface area contributed by atoms with Crippen LogP contribution < -0.4 is 0 Å². The van der Waals surface area contributed by atoms with E-state index in [4.69, 9.17) is 0 Å². The molecule has 0 saturated carbocycles. The molecule has 1 aromatic heterocycles. The maximum Gasteiger partial charge on any atom is 0.416 e. The SMILES string of the molecule is O=C(c1n[nH]c(Br)c1Br)N1CCN(Cc2cccc(C(F)(F)F)c2)CC1. The zero-order chi connectivity index (χ0) is 18.9. The van der Waals surface area contributed by atoms with Crippen LogP contribution in [0.2, 0.25) is 0 Å². The van der Waals surface area contributed by atoms with Gasteiger partial charge < -0.3 is 4.90 Å². The zero-order valence-corrected chi connectivity index (χ0v) is 16.7. The molecule has 10 heteroatoms. The van der Waals surface area contributed by atoms with Crippen molar-refractivity contribution in [2.45, 2.75) is 12.7 Å². The van der Waals surface area contributed by atoms with Gasteiger partial charge in [0.2, 0.25) is 0 Å². The van der Waals surface area contributed by atoms with E-state index in [-0.39, 0.29) is 5.91 Å². The van der Waals surface area contributed by atoms with Crippen molar-refractivity contribution in [2.75, 3.05) is 26.2 Å². The lowest BCUT2D eigenvalue weighted by Crippen LogP contribution is -2.48. The summed E-state index contributed by atoms with van der Waals surface area (Å²) in [6.07, 6.45) is -4.34. The third-order valence-corrected chi connectivity index (χ3v) is 6.07. The largest absolute Gasteiger partial charge is 0.416 e. The first-order valence-electron chi connectivity index (χ1n) is 7.83. The topological polar surface area (TPSA) is 52.2 Å². The molecule has 5 nitrogen and oxygen atoms in total. The van der Waals surface area contributed by atoms with Gasteiger partial charge in [0.05, 0.1) is 10.0 Å². The second-order valence-electron chi connectivity index (χ2n) is 5.97. The van der Waals surface area contributed by atoms with Crippen LogP contribution >= 0.6 is 31.9 Å². The average Bonchev–Trinajstić information content (AvgIpc) is 2.94. The van der Waals surface area contributed by atoms with Gasteiger partial charge in [-0.1, -0.05) is 18.2 Å². The molecule has 0 radical (unpaired) electrons. The average molecular weight is 496 g/mol. The number of alkyl halides is 3. The van der Waals surface area contributed by atoms with Gasteiger partial charge in [-0.25, -0.2) is 0 Å². The van der Waals surface area contributed by atoms with Gasteiger partial charge in [-0.15, -0.1) is 0 Å². The molecule has 0 bridgehead atoms. The Bertz CT molecular complexity index is 801. The molecule has 0 unspecified atom stereocenters. The van der Waals surface area contributed by atoms with Gasteiger partial charge in [0.15, 0.2) is 5.69 Å². The highest BCUT2D eigenvalue weighted by molar-refractivity contribution is 9.13. The Hall–Kier alpha value is -1.39. The summed E-state index contributed by atoms with van der Waals surface area (Å²) in [4.78, 5) is 16.2. The van der Waals surface area contributed by atoms with E-state index >= 15 is 0 Å². The number of carbonyl (C=O) groups excluding carboxylic acids is 1. The van der Waals surface area contributed by atoms with E-state index < -0.39 is 11.7 Å². The molecule has 1 aliphatic heterocycles. The second kappa shape index (κ2) is 7.69. The van der Waals surface area contributed by atoms with E-state index in [0.29, 0.717) is 53.1 Å². The van der Waals surface area contributed by atoms with E-state index in [9.17, 15) is 18.0 Å². The Morgan fingerprint density at radius 2 is 1.88 bits per heavy atom. The van der Waals surface area contributed by atoms with Crippen molar-refractivity contribution < 1.29 is 18.0 Å². The summed E-state index contributed by atoms with van der Waals surface area (Å²) >= 11 is 6.56. The van der Waals surface area contributed by atoms with Crippen molar-refractivity contribution in [3.63, 3.8) is 0 Å². The number of hydrogen-bond acceptors (Lipinski definition) is 3. The molecule has 2 heterocycles. The predicted molar refractivity (Wildman–Crippen MR) is 96.6 cm³/mol. The van der Waals surface area contributed by atoms with Crippen LogP contribution in [0.15, 0.2) is 33.3 Å². The quantitative estimate of drug-likeness (QED) is 0.702. The number of rotatable bonds is 3. The monoisotopic (exact) mass is 494 g/mol. The standard InChI is InChI=1S/C16H15Br2F3N4O/c17-12-13(22-23-14(12)18)15(26)25-6-4-24(5-7-25)9-10-2-1-3-11(8-10)16(19,20)21/h1-3,8H,4-7,9H2,(H,22,23). The molecule has 26 heavy (non-hydrogen) atoms. The fourth-order valence-corrected chi connectivity index (χ4v) is 3.44. The first kappa shape index (κ1) is 19.4. The van der Waals surface area contributed by atoms with Gasteiger partial charge in [0, 0.05) is 32.7 Å². The third kappa shape index (κ3) is 4.29. The molecule has 1 saturated heterocycles. The molecule has 3 rings (SSSR count). The molecule has 1 aliphatic rings. The summed E-state index contributed by atoms with van der Waals surface area (Å²) in [6.45, 7) is 2.59. The second-order valence-corrected chi connectivity index (χ2v) is 7.55. The lowest BCUT2D eigenvalue weighted by Gasteiger charge is -2.34. The predicted octanol–water partition coefficient (Wildman–Crippen LogP) is 3.91. The Balaban J connectivity index is 1.59. The summed E-state index contributed by atoms with van der Waals surface area (Å²) in [5.74, 6) is -0.183. The summed E-state index contributed by atoms with van der Waals surface area (Å²) < 4.78 is 39.6. The lowest BCUT2D eigenvalue weighted by atomic mass is 10.1. The van der Waals surface area contributed by atoms with Gasteiger partial charge in [0.25, 0.3) is 5.91 Å². The number of nitrogens with zero attached hydrogens (tertiary/aromatic N) is 3. The van der Waals surface area contributed by atoms with Crippen LogP contribution in [0.3, 0.4) is 0 Å². The van der Waals surface area contributed by atoms with Gasteiger partial charge in [-0.3, -0.25) is 14.8 Å². The number of carbonyl (C=O) groups is 1. The number of nitrogens with one attached hydrogen (secondary N) is 1. The molecule has 1 fully saturated rings. The number of benzene rings is 1. The van der Waals surface area contributed by atoms with Crippen LogP contribution in [0.5, 0.6) is 0 Å². The van der Waals surface area contributed by atoms with Crippen molar-refractivity contribution in [1.29, 1.82) is 0 Å². The van der Waals surface area contributed by atoms with Gasteiger partial charge in [-0.05, 0) is 43.5 Å². The van der Waals surface area contributed by atoms with Crippen molar-refractivity contribution in [2.24, 2.45) is 0 Å². The number of amides is 1. The third-order valence-electron chi connectivity index (χ3n) is 4.19. The van der Waals surface area contributed by atoms with Crippen LogP contribution in [0.25, 0.3) is 0 Å². The summed E-state index contributed by atoms with van der Waals surface area (Å²) in [5, 5.41) is 6.67. The Morgan fingerprint density at radius 3 is 2.46 bits per heavy atom. The number of piperazine rings is 1. The molecule has 1 amide bonds. The van der Waals surface area contributed by atoms with Gasteiger partial charge in [0.1, 0.15) is 4.60 Å². The Kier molecular flexibility index (Phi) is 5.73. The van der Waals surface area contributed by atoms with Crippen LogP contribution in [0, 0.1) is 0 Å². The molecule has 0 atom stereocenters. The number of hydrogen-bond donors (Lipinski definition) is 1. The van der Waals surface area contributed by atoms with E-state index in [0.717, 1.165) is 6.07 Å². The molecular weight excluding hydrogens is 481 g/mol. The summed E-state index contributed by atoms with van der Waals surface area (Å²) in [7, 11) is 0. The first-order chi connectivity index (χ1) is 12.3. The minimum atomic E-state index is -4.34. The minimum Gasteiger partial charge on any atom is -0.335 e. The van der Waals surface area contributed by atoms with E-state index in [1.807, 2.05) is 4.90 Å². The zero-order valence-electron chi connectivity index (χ0n) is 13.5. The van der Waals surface area contributed by atoms with Crippen molar-refractivity contribution >= 4 is 37.8 Å². The summed E-state index contributed by atoms with van der Waals surface area (Å²) in [5.41, 5.74) is 0.277. The van der Waals surface area contributed by atoms with Crippen molar-refractivity contribution in [1.82, 2.24) is 20.0 Å². The minimum absolute atomic E-state index is 0.183. The molecule has 2 aromatic rings. The van der Waals surface area contributed by atoms with Crippen LogP contribution in [0.4, 0.5) is 13.2 Å². The highest BCUT2D eigenvalue weighted by Crippen LogP contribution is 2.30. The highest BCUT2D eigenvalue weighted by Gasteiger charge is 2.31. The smallest absolute Gasteiger partial charge is 0.335 e. The fraction of sp³-hybridized carbons (Fsp3) is 0.375.